The molecule has 0 spiro atoms. The van der Waals surface area contributed by atoms with Crippen LogP contribution in [0.3, 0.4) is 0 Å². The molecule has 32 heavy (non-hydrogen) atoms. The van der Waals surface area contributed by atoms with Gasteiger partial charge in [0.25, 0.3) is 0 Å². The van der Waals surface area contributed by atoms with Crippen molar-refractivity contribution in [3.63, 3.8) is 0 Å². The molecule has 4 aliphatic carbocycles. The monoisotopic (exact) mass is 450 g/mol. The molecule has 4 nitrogen and oxygen atoms in total. The highest BCUT2D eigenvalue weighted by atomic mass is 16.3. The number of aliphatic hydroxyl groups is 4. The maximum atomic E-state index is 11.2. The van der Waals surface area contributed by atoms with Crippen molar-refractivity contribution in [2.24, 2.45) is 45.3 Å². The molecule has 4 aliphatic rings. The van der Waals surface area contributed by atoms with E-state index in [1.807, 2.05) is 0 Å². The lowest BCUT2D eigenvalue weighted by Crippen LogP contribution is -2.58. The molecule has 0 radical (unpaired) electrons. The highest BCUT2D eigenvalue weighted by Gasteiger charge is 2.59. The summed E-state index contributed by atoms with van der Waals surface area (Å²) in [5, 5.41) is 43.8. The third-order valence-electron chi connectivity index (χ3n) is 11.9. The molecule has 0 amide bonds. The van der Waals surface area contributed by atoms with Crippen LogP contribution >= 0.6 is 0 Å². The normalized spacial score (nSPS) is 52.7. The molecule has 4 heteroatoms. The van der Waals surface area contributed by atoms with E-state index >= 15 is 0 Å². The van der Waals surface area contributed by atoms with Crippen LogP contribution in [0.15, 0.2) is 0 Å². The van der Waals surface area contributed by atoms with Crippen molar-refractivity contribution in [1.82, 2.24) is 0 Å². The van der Waals surface area contributed by atoms with Crippen LogP contribution < -0.4 is 0 Å². The van der Waals surface area contributed by atoms with Crippen LogP contribution in [0.25, 0.3) is 0 Å². The fourth-order valence-corrected chi connectivity index (χ4v) is 9.80. The zero-order valence-corrected chi connectivity index (χ0v) is 21.5. The largest absolute Gasteiger partial charge is 0.393 e. The van der Waals surface area contributed by atoms with Gasteiger partial charge in [-0.25, -0.2) is 0 Å². The molecule has 0 aromatic heterocycles. The SMILES string of the molecule is CC1(C)[C@H](O)CC[C@]2(C)[C@@H](CC[C@H]3[C@@H](O)CC[C@H]4C(C)(C)[C@@H](O)CC[C@]34C)[C@@H](O)CC[C@@H]12. The summed E-state index contributed by atoms with van der Waals surface area (Å²) in [5.74, 6) is 1.31. The standard InChI is InChI=1S/C28H50O4/c1-25(2)21-11-9-19(29)17(27(21,5)15-13-23(25)31)7-8-18-20(30)10-12-22-26(3,4)24(32)14-16-28(18,22)6/h17-24,29-32H,7-16H2,1-6H3/t17-,18-,19-,20-,21-,22-,23-,24+,27+,28+/m0/s1. The van der Waals surface area contributed by atoms with E-state index in [2.05, 4.69) is 41.5 Å². The quantitative estimate of drug-likeness (QED) is 0.492. The summed E-state index contributed by atoms with van der Waals surface area (Å²) >= 11 is 0. The van der Waals surface area contributed by atoms with Crippen LogP contribution in [0.1, 0.15) is 106 Å². The zero-order valence-electron chi connectivity index (χ0n) is 21.5. The van der Waals surface area contributed by atoms with E-state index in [4.69, 9.17) is 0 Å². The Bertz CT molecular complexity index is 631. The van der Waals surface area contributed by atoms with Gasteiger partial charge in [-0.15, -0.1) is 0 Å². The van der Waals surface area contributed by atoms with Gasteiger partial charge in [0.05, 0.1) is 24.4 Å². The maximum Gasteiger partial charge on any atom is 0.0594 e. The number of aliphatic hydroxyl groups excluding tert-OH is 4. The van der Waals surface area contributed by atoms with E-state index in [9.17, 15) is 20.4 Å². The molecule has 0 aliphatic heterocycles. The summed E-state index contributed by atoms with van der Waals surface area (Å²) in [4.78, 5) is 0. The minimum atomic E-state index is -0.281. The first-order valence-electron chi connectivity index (χ1n) is 13.5. The van der Waals surface area contributed by atoms with Gasteiger partial charge in [-0.1, -0.05) is 41.5 Å². The summed E-state index contributed by atoms with van der Waals surface area (Å²) < 4.78 is 0. The summed E-state index contributed by atoms with van der Waals surface area (Å²) in [7, 11) is 0. The molecule has 0 bridgehead atoms. The highest BCUT2D eigenvalue weighted by Crippen LogP contribution is 2.63. The molecule has 4 fully saturated rings. The second-order valence-corrected chi connectivity index (χ2v) is 13.9. The van der Waals surface area contributed by atoms with E-state index in [-0.39, 0.29) is 57.9 Å². The van der Waals surface area contributed by atoms with E-state index < -0.39 is 0 Å². The minimum absolute atomic E-state index is 0.0440. The summed E-state index contributed by atoms with van der Waals surface area (Å²) in [5.41, 5.74) is -0.141. The number of rotatable bonds is 3. The molecule has 4 saturated carbocycles. The molecule has 0 heterocycles. The average molecular weight is 451 g/mol. The molecule has 186 valence electrons. The van der Waals surface area contributed by atoms with Crippen molar-refractivity contribution in [1.29, 1.82) is 0 Å². The summed E-state index contributed by atoms with van der Waals surface area (Å²) in [6.45, 7) is 13.6. The first-order valence-corrected chi connectivity index (χ1v) is 13.5. The van der Waals surface area contributed by atoms with Gasteiger partial charge >= 0.3 is 0 Å². The van der Waals surface area contributed by atoms with Gasteiger partial charge in [0.1, 0.15) is 0 Å². The molecule has 4 rings (SSSR count). The lowest BCUT2D eigenvalue weighted by atomic mass is 9.45. The van der Waals surface area contributed by atoms with Crippen molar-refractivity contribution >= 4 is 0 Å². The highest BCUT2D eigenvalue weighted by molar-refractivity contribution is 5.09. The number of hydrogen-bond acceptors (Lipinski definition) is 4. The lowest BCUT2D eigenvalue weighted by molar-refractivity contribution is -0.180. The van der Waals surface area contributed by atoms with E-state index in [0.29, 0.717) is 11.8 Å². The van der Waals surface area contributed by atoms with Crippen molar-refractivity contribution in [2.75, 3.05) is 0 Å². The fraction of sp³-hybridized carbons (Fsp3) is 1.00. The van der Waals surface area contributed by atoms with Gasteiger partial charge in [-0.05, 0) is 110 Å². The van der Waals surface area contributed by atoms with Crippen LogP contribution in [0.5, 0.6) is 0 Å². The van der Waals surface area contributed by atoms with Gasteiger partial charge < -0.3 is 20.4 Å². The molecular weight excluding hydrogens is 400 g/mol. The summed E-state index contributed by atoms with van der Waals surface area (Å²) in [6.07, 6.45) is 8.08. The zero-order chi connectivity index (χ0) is 23.7. The van der Waals surface area contributed by atoms with Crippen LogP contribution in [-0.2, 0) is 0 Å². The van der Waals surface area contributed by atoms with Crippen molar-refractivity contribution in [2.45, 2.75) is 130 Å². The smallest absolute Gasteiger partial charge is 0.0594 e. The molecule has 0 aromatic rings. The Kier molecular flexibility index (Phi) is 6.40. The van der Waals surface area contributed by atoms with Gasteiger partial charge in [-0.2, -0.15) is 0 Å². The van der Waals surface area contributed by atoms with Gasteiger partial charge in [-0.3, -0.25) is 0 Å². The average Bonchev–Trinajstić information content (AvgIpc) is 2.69. The molecule has 4 N–H and O–H groups in total. The Morgan fingerprint density at radius 2 is 0.875 bits per heavy atom. The Morgan fingerprint density at radius 1 is 0.531 bits per heavy atom. The van der Waals surface area contributed by atoms with Crippen molar-refractivity contribution < 1.29 is 20.4 Å². The Morgan fingerprint density at radius 3 is 1.22 bits per heavy atom. The third kappa shape index (κ3) is 3.62. The van der Waals surface area contributed by atoms with E-state index in [1.54, 1.807) is 0 Å². The minimum Gasteiger partial charge on any atom is -0.393 e. The maximum absolute atomic E-state index is 11.2. The second-order valence-electron chi connectivity index (χ2n) is 13.9. The molecule has 0 saturated heterocycles. The first kappa shape index (κ1) is 24.9. The van der Waals surface area contributed by atoms with Gasteiger partial charge in [0.15, 0.2) is 0 Å². The van der Waals surface area contributed by atoms with Gasteiger partial charge in [0, 0.05) is 0 Å². The van der Waals surface area contributed by atoms with E-state index in [0.717, 1.165) is 64.2 Å². The Labute approximate surface area is 196 Å². The second kappa shape index (κ2) is 8.21. The molecule has 0 unspecified atom stereocenters. The topological polar surface area (TPSA) is 80.9 Å². The molecule has 10 atom stereocenters. The molecular formula is C28H50O4. The lowest BCUT2D eigenvalue weighted by Gasteiger charge is -2.61. The van der Waals surface area contributed by atoms with Crippen LogP contribution in [0.4, 0.5) is 0 Å². The first-order chi connectivity index (χ1) is 14.8. The fourth-order valence-electron chi connectivity index (χ4n) is 9.80. The van der Waals surface area contributed by atoms with Crippen molar-refractivity contribution in [3.05, 3.63) is 0 Å². The third-order valence-corrected chi connectivity index (χ3v) is 11.9. The number of hydrogen-bond donors (Lipinski definition) is 4. The van der Waals surface area contributed by atoms with Crippen molar-refractivity contribution in [3.8, 4) is 0 Å². The summed E-state index contributed by atoms with van der Waals surface area (Å²) in [6, 6.07) is 0. The Hall–Kier alpha value is -0.160. The van der Waals surface area contributed by atoms with Crippen LogP contribution in [0, 0.1) is 45.3 Å². The molecule has 0 aromatic carbocycles. The Balaban J connectivity index is 1.56. The predicted octanol–water partition coefficient (Wildman–Crippen LogP) is 4.92. The van der Waals surface area contributed by atoms with Crippen LogP contribution in [-0.4, -0.2) is 44.8 Å². The van der Waals surface area contributed by atoms with E-state index in [1.165, 1.54) is 0 Å². The predicted molar refractivity (Wildman–Crippen MR) is 128 cm³/mol. The number of fused-ring (bicyclic) bond motifs is 2. The van der Waals surface area contributed by atoms with Gasteiger partial charge in [0.2, 0.25) is 0 Å². The van der Waals surface area contributed by atoms with Crippen LogP contribution in [0.2, 0.25) is 0 Å².